The van der Waals surface area contributed by atoms with Crippen LogP contribution in [0.5, 0.6) is 0 Å². The monoisotopic (exact) mass is 699 g/mol. The van der Waals surface area contributed by atoms with Crippen LogP contribution in [0, 0.1) is 0 Å². The van der Waals surface area contributed by atoms with Gasteiger partial charge in [-0.2, -0.15) is 0 Å². The van der Waals surface area contributed by atoms with Gasteiger partial charge in [0.05, 0.1) is 0 Å². The molecular formula is C44H32N4O2V. The van der Waals surface area contributed by atoms with Crippen LogP contribution in [0.25, 0.3) is 22.3 Å². The van der Waals surface area contributed by atoms with E-state index in [-0.39, 0.29) is 29.5 Å². The SMILES string of the molecule is [O-2].[O-2].[V+4].c1ccc(C2=c3ccc([nH]3)=C(c3ccccc3)c3ccc([nH]3)C(c3ccccc3)=c3ccc([nH]3)=C(c3ccccc3)c3ccc2[nH]3)cc1. The summed E-state index contributed by atoms with van der Waals surface area (Å²) in [6.45, 7) is 0. The Morgan fingerprint density at radius 3 is 0.667 bits per heavy atom. The summed E-state index contributed by atoms with van der Waals surface area (Å²) in [5, 5.41) is 4.16. The molecule has 0 saturated heterocycles. The Balaban J connectivity index is 0.00000149. The first kappa shape index (κ1) is 34.8. The normalized spacial score (nSPS) is 12.1. The van der Waals surface area contributed by atoms with Gasteiger partial charge in [0, 0.05) is 66.5 Å². The second-order valence-electron chi connectivity index (χ2n) is 12.1. The van der Waals surface area contributed by atoms with Crippen molar-refractivity contribution in [3.63, 3.8) is 0 Å². The molecular weight excluding hydrogens is 667 g/mol. The molecule has 8 aromatic rings. The Hall–Kier alpha value is -6.02. The third kappa shape index (κ3) is 6.41. The molecule has 0 saturated carbocycles. The van der Waals surface area contributed by atoms with E-state index >= 15 is 0 Å². The first-order valence-corrected chi connectivity index (χ1v) is 16.3. The van der Waals surface area contributed by atoms with E-state index < -0.39 is 0 Å². The van der Waals surface area contributed by atoms with Gasteiger partial charge in [-0.25, -0.2) is 0 Å². The molecule has 9 rings (SSSR count). The Morgan fingerprint density at radius 1 is 0.235 bits per heavy atom. The summed E-state index contributed by atoms with van der Waals surface area (Å²) in [5.74, 6) is 0. The third-order valence-electron chi connectivity index (χ3n) is 9.15. The van der Waals surface area contributed by atoms with Gasteiger partial charge in [0.15, 0.2) is 0 Å². The predicted molar refractivity (Wildman–Crippen MR) is 195 cm³/mol. The molecule has 1 aliphatic rings. The fourth-order valence-corrected chi connectivity index (χ4v) is 6.99. The Labute approximate surface area is 306 Å². The van der Waals surface area contributed by atoms with E-state index in [2.05, 4.69) is 190 Å². The van der Waals surface area contributed by atoms with Gasteiger partial charge < -0.3 is 30.9 Å². The summed E-state index contributed by atoms with van der Waals surface area (Å²) in [4.78, 5) is 15.4. The summed E-state index contributed by atoms with van der Waals surface area (Å²) < 4.78 is 0. The first-order valence-electron chi connectivity index (χ1n) is 16.3. The molecule has 6 nitrogen and oxygen atoms in total. The number of nitrogens with one attached hydrogen (secondary N) is 4. The molecule has 245 valence electrons. The van der Waals surface area contributed by atoms with Crippen LogP contribution in [-0.4, -0.2) is 19.9 Å². The first-order chi connectivity index (χ1) is 23.8. The van der Waals surface area contributed by atoms with E-state index in [0.717, 1.165) is 88.7 Å². The van der Waals surface area contributed by atoms with Gasteiger partial charge in [-0.3, -0.25) is 0 Å². The van der Waals surface area contributed by atoms with Crippen LogP contribution in [-0.2, 0) is 29.5 Å². The number of H-pyrrole nitrogens is 4. The molecule has 0 unspecified atom stereocenters. The number of aromatic nitrogens is 4. The van der Waals surface area contributed by atoms with Gasteiger partial charge in [0.25, 0.3) is 0 Å². The molecule has 51 heavy (non-hydrogen) atoms. The minimum Gasteiger partial charge on any atom is -2.00 e. The van der Waals surface area contributed by atoms with Gasteiger partial charge in [-0.05, 0) is 70.8 Å². The smallest absolute Gasteiger partial charge is 2.00 e. The van der Waals surface area contributed by atoms with Gasteiger partial charge >= 0.3 is 18.6 Å². The summed E-state index contributed by atoms with van der Waals surface area (Å²) in [6, 6.07) is 60.0. The fraction of sp³-hybridized carbons (Fsp3) is 0. The summed E-state index contributed by atoms with van der Waals surface area (Å²) >= 11 is 0. The van der Waals surface area contributed by atoms with Gasteiger partial charge in [0.1, 0.15) is 0 Å². The van der Waals surface area contributed by atoms with Crippen LogP contribution in [0.15, 0.2) is 170 Å². The van der Waals surface area contributed by atoms with Crippen molar-refractivity contribution in [2.75, 3.05) is 0 Å². The van der Waals surface area contributed by atoms with E-state index in [9.17, 15) is 0 Å². The van der Waals surface area contributed by atoms with E-state index in [0.29, 0.717) is 0 Å². The summed E-state index contributed by atoms with van der Waals surface area (Å²) in [5.41, 5.74) is 13.1. The average molecular weight is 700 g/mol. The zero-order chi connectivity index (χ0) is 31.9. The topological polar surface area (TPSA) is 120 Å². The maximum absolute atomic E-state index is 3.84. The van der Waals surface area contributed by atoms with Crippen molar-refractivity contribution >= 4 is 22.3 Å². The number of hydrogen-bond acceptors (Lipinski definition) is 0. The Kier molecular flexibility index (Phi) is 10.1. The van der Waals surface area contributed by atoms with Crippen molar-refractivity contribution in [1.29, 1.82) is 0 Å². The predicted octanol–water partition coefficient (Wildman–Crippen LogP) is 6.06. The number of aromatic amines is 4. The maximum Gasteiger partial charge on any atom is 4.00 e. The summed E-state index contributed by atoms with van der Waals surface area (Å²) in [6.07, 6.45) is 0. The summed E-state index contributed by atoms with van der Waals surface area (Å²) in [7, 11) is 0. The standard InChI is InChI=1S/C44H32N4.2O.V/c1-5-13-29(14-6-1)41-33-21-23-35(45-33)42(30-15-7-2-8-16-30)37-25-27-39(47-37)44(32-19-11-4-12-20-32)40-28-26-38(48-40)43(31-17-9-3-10-18-31)36-24-22-34(41)46-36;;;/h1-28,45-48H;;;/q;2*-2;+4. The fourth-order valence-electron chi connectivity index (χ4n) is 6.99. The number of benzene rings is 4. The van der Waals surface area contributed by atoms with Gasteiger partial charge in [0.2, 0.25) is 0 Å². The van der Waals surface area contributed by atoms with E-state index in [4.69, 9.17) is 0 Å². The van der Waals surface area contributed by atoms with Crippen LogP contribution in [0.3, 0.4) is 0 Å². The van der Waals surface area contributed by atoms with Crippen molar-refractivity contribution in [2.45, 2.75) is 0 Å². The Bertz CT molecular complexity index is 2290. The van der Waals surface area contributed by atoms with Crippen molar-refractivity contribution < 1.29 is 29.5 Å². The minimum atomic E-state index is 0. The molecule has 0 fully saturated rings. The molecule has 5 heterocycles. The van der Waals surface area contributed by atoms with Crippen LogP contribution in [0.1, 0.15) is 45.0 Å². The maximum atomic E-state index is 3.84. The largest absolute Gasteiger partial charge is 4.00 e. The molecule has 8 bridgehead atoms. The second-order valence-corrected chi connectivity index (χ2v) is 12.1. The minimum absolute atomic E-state index is 0. The van der Waals surface area contributed by atoms with Gasteiger partial charge in [-0.15, -0.1) is 0 Å². The quantitative estimate of drug-likeness (QED) is 0.171. The third-order valence-corrected chi connectivity index (χ3v) is 9.15. The molecule has 4 aromatic carbocycles. The van der Waals surface area contributed by atoms with E-state index in [1.807, 2.05) is 0 Å². The molecule has 0 spiro atoms. The molecule has 0 amide bonds. The van der Waals surface area contributed by atoms with Crippen LogP contribution < -0.4 is 21.4 Å². The number of hydrogen-bond donors (Lipinski definition) is 4. The van der Waals surface area contributed by atoms with Crippen LogP contribution in [0.2, 0.25) is 0 Å². The second kappa shape index (κ2) is 14.8. The van der Waals surface area contributed by atoms with Crippen molar-refractivity contribution in [3.8, 4) is 0 Å². The molecule has 1 radical (unpaired) electrons. The molecule has 1 aliphatic heterocycles. The molecule has 7 heteroatoms. The molecule has 4 aromatic heterocycles. The van der Waals surface area contributed by atoms with Crippen LogP contribution >= 0.6 is 0 Å². The molecule has 0 aliphatic carbocycles. The van der Waals surface area contributed by atoms with E-state index in [1.165, 1.54) is 0 Å². The van der Waals surface area contributed by atoms with Crippen molar-refractivity contribution in [3.05, 3.63) is 236 Å². The average Bonchev–Trinajstić information content (AvgIpc) is 3.98. The zero-order valence-electron chi connectivity index (χ0n) is 27.4. The number of rotatable bonds is 4. The zero-order valence-corrected chi connectivity index (χ0v) is 28.8. The van der Waals surface area contributed by atoms with Crippen molar-refractivity contribution in [1.82, 2.24) is 19.9 Å². The number of fused-ring (bicyclic) bond motifs is 8. The molecule has 4 N–H and O–H groups in total. The van der Waals surface area contributed by atoms with Crippen LogP contribution in [0.4, 0.5) is 0 Å². The molecule has 0 atom stereocenters. The van der Waals surface area contributed by atoms with E-state index in [1.54, 1.807) is 0 Å². The van der Waals surface area contributed by atoms with Crippen molar-refractivity contribution in [2.24, 2.45) is 0 Å². The van der Waals surface area contributed by atoms with Gasteiger partial charge in [-0.1, -0.05) is 121 Å². The Morgan fingerprint density at radius 2 is 0.451 bits per heavy atom.